The summed E-state index contributed by atoms with van der Waals surface area (Å²) in [6.45, 7) is 6.33. The predicted molar refractivity (Wildman–Crippen MR) is 126 cm³/mol. The van der Waals surface area contributed by atoms with Crippen LogP contribution in [-0.4, -0.2) is 31.8 Å². The van der Waals surface area contributed by atoms with E-state index in [-0.39, 0.29) is 5.91 Å². The summed E-state index contributed by atoms with van der Waals surface area (Å²) in [6.07, 6.45) is 1.52. The van der Waals surface area contributed by atoms with E-state index in [0.29, 0.717) is 17.9 Å². The zero-order chi connectivity index (χ0) is 23.2. The Labute approximate surface area is 191 Å². The lowest BCUT2D eigenvalue weighted by atomic mass is 10.1. The number of rotatable bonds is 7. The van der Waals surface area contributed by atoms with Crippen LogP contribution in [0.1, 0.15) is 39.5 Å². The highest BCUT2D eigenvalue weighted by Gasteiger charge is 2.07. The van der Waals surface area contributed by atoms with Gasteiger partial charge in [0.25, 0.3) is 5.91 Å². The van der Waals surface area contributed by atoms with Crippen molar-refractivity contribution in [2.45, 2.75) is 27.4 Å². The third-order valence-corrected chi connectivity index (χ3v) is 5.30. The average Bonchev–Trinajstić information content (AvgIpc) is 3.38. The van der Waals surface area contributed by atoms with Crippen LogP contribution in [0.25, 0.3) is 5.69 Å². The van der Waals surface area contributed by atoms with E-state index in [0.717, 1.165) is 22.6 Å². The third kappa shape index (κ3) is 5.48. The number of hydrogen-bond acceptors (Lipinski definition) is 6. The van der Waals surface area contributed by atoms with E-state index in [4.69, 9.17) is 4.74 Å². The molecule has 0 spiro atoms. The Balaban J connectivity index is 1.37. The van der Waals surface area contributed by atoms with Crippen LogP contribution in [0.15, 0.2) is 78.2 Å². The van der Waals surface area contributed by atoms with Gasteiger partial charge in [-0.25, -0.2) is 10.1 Å². The molecular formula is C25H24N6O2. The van der Waals surface area contributed by atoms with Gasteiger partial charge in [0.05, 0.1) is 11.4 Å². The van der Waals surface area contributed by atoms with E-state index in [9.17, 15) is 4.79 Å². The molecule has 0 unspecified atom stereocenters. The smallest absolute Gasteiger partial charge is 0.271 e. The molecule has 1 amide bonds. The van der Waals surface area contributed by atoms with Crippen LogP contribution >= 0.6 is 0 Å². The van der Waals surface area contributed by atoms with Gasteiger partial charge in [0.1, 0.15) is 18.7 Å². The maximum Gasteiger partial charge on any atom is 0.271 e. The monoisotopic (exact) mass is 440 g/mol. The molecule has 166 valence electrons. The van der Waals surface area contributed by atoms with Gasteiger partial charge >= 0.3 is 0 Å². The Morgan fingerprint density at radius 3 is 2.55 bits per heavy atom. The molecule has 1 heterocycles. The SMILES string of the molecule is C/C(=N/NC(=O)c1cccc(COc2ccc(C)c(C)c2)c1)c1ccc(-n2cnnn2)cc1. The fourth-order valence-corrected chi connectivity index (χ4v) is 3.17. The largest absolute Gasteiger partial charge is 0.489 e. The predicted octanol–water partition coefficient (Wildman–Crippen LogP) is 4.01. The summed E-state index contributed by atoms with van der Waals surface area (Å²) < 4.78 is 7.45. The fraction of sp³-hybridized carbons (Fsp3) is 0.160. The van der Waals surface area contributed by atoms with E-state index < -0.39 is 0 Å². The number of carbonyl (C=O) groups excluding carboxylic acids is 1. The summed E-state index contributed by atoms with van der Waals surface area (Å²) in [6, 6.07) is 20.9. The lowest BCUT2D eigenvalue weighted by Crippen LogP contribution is -2.19. The molecule has 0 aliphatic heterocycles. The highest BCUT2D eigenvalue weighted by molar-refractivity contribution is 6.01. The van der Waals surface area contributed by atoms with Crippen molar-refractivity contribution in [2.24, 2.45) is 5.10 Å². The molecular weight excluding hydrogens is 416 g/mol. The standard InChI is InChI=1S/C25H24N6O2/c1-17-7-12-24(13-18(17)2)33-15-20-5-4-6-22(14-20)25(32)28-27-19(3)21-8-10-23(11-9-21)31-16-26-29-30-31/h4-14,16H,15H2,1-3H3,(H,28,32)/b27-19-. The van der Waals surface area contributed by atoms with Crippen molar-refractivity contribution >= 4 is 11.6 Å². The topological polar surface area (TPSA) is 94.3 Å². The Hall–Kier alpha value is -4.33. The maximum absolute atomic E-state index is 12.6. The molecule has 8 heteroatoms. The van der Waals surface area contributed by atoms with E-state index in [1.807, 2.05) is 67.6 Å². The van der Waals surface area contributed by atoms with Crippen LogP contribution in [0.5, 0.6) is 5.75 Å². The molecule has 4 aromatic rings. The molecule has 0 fully saturated rings. The first kappa shape index (κ1) is 21.9. The van der Waals surface area contributed by atoms with Gasteiger partial charge in [-0.05, 0) is 89.8 Å². The third-order valence-electron chi connectivity index (χ3n) is 5.30. The zero-order valence-corrected chi connectivity index (χ0v) is 18.7. The van der Waals surface area contributed by atoms with E-state index in [2.05, 4.69) is 39.9 Å². The van der Waals surface area contributed by atoms with Crippen molar-refractivity contribution in [1.82, 2.24) is 25.6 Å². The van der Waals surface area contributed by atoms with Crippen LogP contribution < -0.4 is 10.2 Å². The minimum absolute atomic E-state index is 0.285. The lowest BCUT2D eigenvalue weighted by Gasteiger charge is -2.09. The normalized spacial score (nSPS) is 11.3. The first-order valence-electron chi connectivity index (χ1n) is 10.5. The molecule has 0 aliphatic rings. The zero-order valence-electron chi connectivity index (χ0n) is 18.7. The number of tetrazole rings is 1. The number of aryl methyl sites for hydroxylation is 2. The van der Waals surface area contributed by atoms with Gasteiger partial charge in [0.2, 0.25) is 0 Å². The number of hydrazone groups is 1. The number of carbonyl (C=O) groups is 1. The molecule has 1 N–H and O–H groups in total. The number of aromatic nitrogens is 4. The van der Waals surface area contributed by atoms with Crippen LogP contribution in [-0.2, 0) is 6.61 Å². The van der Waals surface area contributed by atoms with Gasteiger partial charge in [-0.2, -0.15) is 5.10 Å². The number of benzene rings is 3. The van der Waals surface area contributed by atoms with Crippen LogP contribution in [0, 0.1) is 13.8 Å². The van der Waals surface area contributed by atoms with Crippen LogP contribution in [0.3, 0.4) is 0 Å². The quantitative estimate of drug-likeness (QED) is 0.346. The molecule has 0 radical (unpaired) electrons. The molecule has 33 heavy (non-hydrogen) atoms. The second-order valence-corrected chi connectivity index (χ2v) is 7.67. The molecule has 8 nitrogen and oxygen atoms in total. The molecule has 0 atom stereocenters. The summed E-state index contributed by atoms with van der Waals surface area (Å²) in [5.74, 6) is 0.520. The van der Waals surface area contributed by atoms with Gasteiger partial charge in [-0.1, -0.05) is 30.3 Å². The average molecular weight is 441 g/mol. The van der Waals surface area contributed by atoms with Crippen molar-refractivity contribution in [1.29, 1.82) is 0 Å². The Bertz CT molecular complexity index is 1280. The summed E-state index contributed by atoms with van der Waals surface area (Å²) in [5, 5.41) is 15.4. The minimum atomic E-state index is -0.285. The van der Waals surface area contributed by atoms with E-state index >= 15 is 0 Å². The Kier molecular flexibility index (Phi) is 6.54. The fourth-order valence-electron chi connectivity index (χ4n) is 3.17. The highest BCUT2D eigenvalue weighted by Crippen LogP contribution is 2.18. The molecule has 0 saturated carbocycles. The Morgan fingerprint density at radius 1 is 1.00 bits per heavy atom. The number of nitrogens with zero attached hydrogens (tertiary/aromatic N) is 5. The van der Waals surface area contributed by atoms with Crippen molar-refractivity contribution in [3.05, 3.63) is 101 Å². The van der Waals surface area contributed by atoms with Gasteiger partial charge in [-0.15, -0.1) is 5.10 Å². The van der Waals surface area contributed by atoms with Crippen molar-refractivity contribution < 1.29 is 9.53 Å². The van der Waals surface area contributed by atoms with Crippen molar-refractivity contribution in [3.8, 4) is 11.4 Å². The molecule has 3 aromatic carbocycles. The lowest BCUT2D eigenvalue weighted by molar-refractivity contribution is 0.0954. The summed E-state index contributed by atoms with van der Waals surface area (Å²) in [5.41, 5.74) is 8.84. The number of hydrogen-bond donors (Lipinski definition) is 1. The summed E-state index contributed by atoms with van der Waals surface area (Å²) >= 11 is 0. The van der Waals surface area contributed by atoms with Gasteiger partial charge < -0.3 is 4.74 Å². The second kappa shape index (κ2) is 9.86. The van der Waals surface area contributed by atoms with Crippen LogP contribution in [0.2, 0.25) is 0 Å². The Morgan fingerprint density at radius 2 is 1.82 bits per heavy atom. The number of amides is 1. The molecule has 0 bridgehead atoms. The van der Waals surface area contributed by atoms with Crippen molar-refractivity contribution in [3.63, 3.8) is 0 Å². The first-order valence-corrected chi connectivity index (χ1v) is 10.5. The van der Waals surface area contributed by atoms with Gasteiger partial charge in [-0.3, -0.25) is 4.79 Å². The number of ether oxygens (including phenoxy) is 1. The van der Waals surface area contributed by atoms with Gasteiger partial charge in [0, 0.05) is 5.56 Å². The molecule has 0 saturated heterocycles. The summed E-state index contributed by atoms with van der Waals surface area (Å²) in [7, 11) is 0. The molecule has 4 rings (SSSR count). The minimum Gasteiger partial charge on any atom is -0.489 e. The van der Waals surface area contributed by atoms with E-state index in [1.165, 1.54) is 17.5 Å². The van der Waals surface area contributed by atoms with Gasteiger partial charge in [0.15, 0.2) is 0 Å². The number of nitrogens with one attached hydrogen (secondary N) is 1. The molecule has 0 aliphatic carbocycles. The van der Waals surface area contributed by atoms with E-state index in [1.54, 1.807) is 10.7 Å². The van der Waals surface area contributed by atoms with Crippen molar-refractivity contribution in [2.75, 3.05) is 0 Å². The summed E-state index contributed by atoms with van der Waals surface area (Å²) in [4.78, 5) is 12.6. The second-order valence-electron chi connectivity index (χ2n) is 7.67. The highest BCUT2D eigenvalue weighted by atomic mass is 16.5. The maximum atomic E-state index is 12.6. The first-order chi connectivity index (χ1) is 16.0. The van der Waals surface area contributed by atoms with Crippen LogP contribution in [0.4, 0.5) is 0 Å². The molecule has 1 aromatic heterocycles.